The van der Waals surface area contributed by atoms with Crippen LogP contribution in [0.4, 0.5) is 4.79 Å². The largest absolute Gasteiger partial charge is 0.390 e. The van der Waals surface area contributed by atoms with Crippen LogP contribution in [0.1, 0.15) is 38.7 Å². The number of benzene rings is 1. The number of nitrogens with one attached hydrogen (secondary N) is 3. The van der Waals surface area contributed by atoms with Gasteiger partial charge < -0.3 is 21.1 Å². The van der Waals surface area contributed by atoms with Crippen molar-refractivity contribution in [2.45, 2.75) is 62.9 Å². The quantitative estimate of drug-likeness (QED) is 0.398. The molecule has 196 valence electrons. The summed E-state index contributed by atoms with van der Waals surface area (Å²) < 4.78 is 27.1. The van der Waals surface area contributed by atoms with Gasteiger partial charge in [-0.05, 0) is 42.9 Å². The fourth-order valence-corrected chi connectivity index (χ4v) is 5.53. The average Bonchev–Trinajstić information content (AvgIpc) is 3.05. The van der Waals surface area contributed by atoms with Gasteiger partial charge in [-0.1, -0.05) is 50.2 Å². The van der Waals surface area contributed by atoms with Crippen molar-refractivity contribution in [3.63, 3.8) is 0 Å². The molecule has 0 radical (unpaired) electrons. The highest BCUT2D eigenvalue weighted by molar-refractivity contribution is 7.89. The summed E-state index contributed by atoms with van der Waals surface area (Å²) in [5.74, 6) is -0.281. The van der Waals surface area contributed by atoms with Gasteiger partial charge in [0.15, 0.2) is 5.03 Å². The van der Waals surface area contributed by atoms with Crippen LogP contribution in [0.15, 0.2) is 59.8 Å². The molecule has 2 unspecified atom stereocenters. The van der Waals surface area contributed by atoms with Crippen molar-refractivity contribution in [2.24, 2.45) is 5.92 Å². The maximum Gasteiger partial charge on any atom is 0.315 e. The maximum atomic E-state index is 13.1. The van der Waals surface area contributed by atoms with E-state index in [0.717, 1.165) is 5.56 Å². The van der Waals surface area contributed by atoms with Crippen molar-refractivity contribution in [1.82, 2.24) is 25.2 Å². The van der Waals surface area contributed by atoms with E-state index in [4.69, 9.17) is 0 Å². The molecule has 3 atom stereocenters. The molecule has 1 aromatic heterocycles. The molecule has 2 aromatic rings. The smallest absolute Gasteiger partial charge is 0.315 e. The fourth-order valence-electron chi connectivity index (χ4n) is 4.10. The molecule has 0 bridgehead atoms. The van der Waals surface area contributed by atoms with E-state index in [0.29, 0.717) is 25.8 Å². The van der Waals surface area contributed by atoms with Crippen LogP contribution in [0.25, 0.3) is 0 Å². The third-order valence-corrected chi connectivity index (χ3v) is 7.75. The minimum Gasteiger partial charge on any atom is -0.390 e. The lowest BCUT2D eigenvalue weighted by atomic mass is 10.0. The van der Waals surface area contributed by atoms with Gasteiger partial charge in [0.05, 0.1) is 12.1 Å². The Bertz CT molecular complexity index is 1100. The average molecular weight is 518 g/mol. The number of β-amino-alcohol motifs (C(OH)–C–C–N with tert-alkyl or cyclic N) is 1. The fraction of sp³-hybridized carbons (Fsp3) is 0.480. The Morgan fingerprint density at radius 1 is 1.14 bits per heavy atom. The zero-order valence-electron chi connectivity index (χ0n) is 20.6. The number of aromatic nitrogens is 1. The van der Waals surface area contributed by atoms with Gasteiger partial charge in [-0.15, -0.1) is 0 Å². The first-order valence-electron chi connectivity index (χ1n) is 12.1. The molecule has 0 aliphatic carbocycles. The number of rotatable bonds is 9. The SMILES string of the molecule is CC(C)CC(NC(=O)NCc1ccccc1)C(=O)NC1CCCN(S(=O)(=O)c2ccccn2)C[C@@H]1O. The summed E-state index contributed by atoms with van der Waals surface area (Å²) in [7, 11) is -3.86. The maximum absolute atomic E-state index is 13.1. The molecule has 10 nitrogen and oxygen atoms in total. The van der Waals surface area contributed by atoms with Crippen molar-refractivity contribution in [3.05, 3.63) is 60.3 Å². The minimum atomic E-state index is -3.86. The van der Waals surface area contributed by atoms with Crippen molar-refractivity contribution in [1.29, 1.82) is 0 Å². The molecular formula is C25H35N5O5S. The number of carbonyl (C=O) groups excluding carboxylic acids is 2. The molecule has 1 saturated heterocycles. The monoisotopic (exact) mass is 517 g/mol. The van der Waals surface area contributed by atoms with Crippen LogP contribution in [0.5, 0.6) is 0 Å². The number of sulfonamides is 1. The van der Waals surface area contributed by atoms with Gasteiger partial charge in [0.2, 0.25) is 5.91 Å². The van der Waals surface area contributed by atoms with Crippen LogP contribution >= 0.6 is 0 Å². The van der Waals surface area contributed by atoms with E-state index in [2.05, 4.69) is 20.9 Å². The summed E-state index contributed by atoms with van der Waals surface area (Å²) >= 11 is 0. The van der Waals surface area contributed by atoms with Crippen molar-refractivity contribution >= 4 is 22.0 Å². The first kappa shape index (κ1) is 27.6. The molecule has 0 spiro atoms. The predicted molar refractivity (Wildman–Crippen MR) is 135 cm³/mol. The molecule has 36 heavy (non-hydrogen) atoms. The van der Waals surface area contributed by atoms with E-state index in [-0.39, 0.29) is 24.0 Å². The molecule has 3 rings (SSSR count). The molecular weight excluding hydrogens is 482 g/mol. The Balaban J connectivity index is 1.60. The number of hydrogen-bond donors (Lipinski definition) is 4. The summed E-state index contributed by atoms with van der Waals surface area (Å²) in [4.78, 5) is 29.5. The van der Waals surface area contributed by atoms with Crippen molar-refractivity contribution < 1.29 is 23.1 Å². The normalized spacial score (nSPS) is 19.8. The zero-order valence-corrected chi connectivity index (χ0v) is 21.4. The second-order valence-electron chi connectivity index (χ2n) is 9.35. The Morgan fingerprint density at radius 2 is 1.86 bits per heavy atom. The summed E-state index contributed by atoms with van der Waals surface area (Å²) in [6.45, 7) is 4.27. The van der Waals surface area contributed by atoms with E-state index in [9.17, 15) is 23.1 Å². The van der Waals surface area contributed by atoms with Gasteiger partial charge in [0, 0.05) is 25.8 Å². The number of hydrogen-bond acceptors (Lipinski definition) is 6. The van der Waals surface area contributed by atoms with Crippen LogP contribution in [0.2, 0.25) is 0 Å². The predicted octanol–water partition coefficient (Wildman–Crippen LogP) is 1.63. The Kier molecular flexibility index (Phi) is 9.80. The summed E-state index contributed by atoms with van der Waals surface area (Å²) in [5.41, 5.74) is 0.935. The number of pyridine rings is 1. The lowest BCUT2D eigenvalue weighted by Gasteiger charge is -2.27. The number of nitrogens with zero attached hydrogens (tertiary/aromatic N) is 2. The summed E-state index contributed by atoms with van der Waals surface area (Å²) in [6.07, 6.45) is 1.56. The van der Waals surface area contributed by atoms with E-state index < -0.39 is 40.1 Å². The highest BCUT2D eigenvalue weighted by atomic mass is 32.2. The van der Waals surface area contributed by atoms with Gasteiger partial charge >= 0.3 is 6.03 Å². The second kappa shape index (κ2) is 12.8. The Labute approximate surface area is 212 Å². The highest BCUT2D eigenvalue weighted by Gasteiger charge is 2.35. The number of aliphatic hydroxyl groups excluding tert-OH is 1. The van der Waals surface area contributed by atoms with Crippen molar-refractivity contribution in [2.75, 3.05) is 13.1 Å². The molecule has 1 aliphatic rings. The van der Waals surface area contributed by atoms with Crippen LogP contribution < -0.4 is 16.0 Å². The van der Waals surface area contributed by atoms with Gasteiger partial charge in [0.1, 0.15) is 6.04 Å². The first-order chi connectivity index (χ1) is 17.2. The molecule has 1 fully saturated rings. The Morgan fingerprint density at radius 3 is 2.53 bits per heavy atom. The van der Waals surface area contributed by atoms with Gasteiger partial charge in [-0.3, -0.25) is 4.79 Å². The highest BCUT2D eigenvalue weighted by Crippen LogP contribution is 2.20. The number of amides is 3. The van der Waals surface area contributed by atoms with Crippen LogP contribution in [0, 0.1) is 5.92 Å². The van der Waals surface area contributed by atoms with Crippen LogP contribution in [-0.4, -0.2) is 66.0 Å². The number of aliphatic hydroxyl groups is 1. The number of urea groups is 1. The van der Waals surface area contributed by atoms with Gasteiger partial charge in [0.25, 0.3) is 10.0 Å². The van der Waals surface area contributed by atoms with Gasteiger partial charge in [-0.2, -0.15) is 4.31 Å². The van der Waals surface area contributed by atoms with E-state index in [1.807, 2.05) is 44.2 Å². The summed E-state index contributed by atoms with van der Waals surface area (Å²) in [5, 5.41) is 19.0. The molecule has 3 amide bonds. The lowest BCUT2D eigenvalue weighted by Crippen LogP contribution is -2.55. The van der Waals surface area contributed by atoms with Gasteiger partial charge in [-0.25, -0.2) is 18.2 Å². The summed E-state index contributed by atoms with van der Waals surface area (Å²) in [6, 6.07) is 12.2. The lowest BCUT2D eigenvalue weighted by molar-refractivity contribution is -0.124. The Hall–Kier alpha value is -3.02. The molecule has 4 N–H and O–H groups in total. The zero-order chi connectivity index (χ0) is 26.1. The molecule has 1 aromatic carbocycles. The molecule has 2 heterocycles. The minimum absolute atomic E-state index is 0.0811. The van der Waals surface area contributed by atoms with E-state index >= 15 is 0 Å². The van der Waals surface area contributed by atoms with E-state index in [1.165, 1.54) is 16.6 Å². The first-order valence-corrected chi connectivity index (χ1v) is 13.6. The van der Waals surface area contributed by atoms with E-state index in [1.54, 1.807) is 12.1 Å². The third-order valence-electron chi connectivity index (χ3n) is 5.97. The van der Waals surface area contributed by atoms with Crippen molar-refractivity contribution in [3.8, 4) is 0 Å². The third kappa shape index (κ3) is 7.74. The number of carbonyl (C=O) groups is 2. The topological polar surface area (TPSA) is 141 Å². The van der Waals surface area contributed by atoms with Crippen LogP contribution in [0.3, 0.4) is 0 Å². The molecule has 0 saturated carbocycles. The molecule has 1 aliphatic heterocycles. The molecule has 11 heteroatoms. The standard InChI is InChI=1S/C25H35N5O5S/c1-18(2)15-21(29-25(33)27-16-19-9-4-3-5-10-19)24(32)28-20-11-8-14-30(17-22(20)31)36(34,35)23-12-6-7-13-26-23/h3-7,9-10,12-13,18,20-22,31H,8,11,14-17H2,1-2H3,(H,28,32)(H2,27,29,33)/t20?,21?,22-/m0/s1. The second-order valence-corrected chi connectivity index (χ2v) is 11.2. The van der Waals surface area contributed by atoms with Crippen LogP contribution in [-0.2, 0) is 21.4 Å².